The predicted octanol–water partition coefficient (Wildman–Crippen LogP) is 2.86. The summed E-state index contributed by atoms with van der Waals surface area (Å²) in [6.07, 6.45) is 3.40. The Morgan fingerprint density at radius 3 is 2.95 bits per heavy atom. The van der Waals surface area contributed by atoms with Gasteiger partial charge in [-0.05, 0) is 29.8 Å². The Bertz CT molecular complexity index is 877. The van der Waals surface area contributed by atoms with Crippen molar-refractivity contribution in [3.63, 3.8) is 0 Å². The second-order valence-corrected chi connectivity index (χ2v) is 4.57. The van der Waals surface area contributed by atoms with Gasteiger partial charge in [0.1, 0.15) is 11.8 Å². The van der Waals surface area contributed by atoms with Crippen molar-refractivity contribution in [2.75, 3.05) is 0 Å². The van der Waals surface area contributed by atoms with Gasteiger partial charge in [0, 0.05) is 25.0 Å². The van der Waals surface area contributed by atoms with Crippen molar-refractivity contribution in [2.24, 2.45) is 0 Å². The maximum Gasteiger partial charge on any atom is 0.278 e. The fourth-order valence-electron chi connectivity index (χ4n) is 2.33. The number of nitriles is 1. The maximum absolute atomic E-state index is 11.0. The van der Waals surface area contributed by atoms with Gasteiger partial charge < -0.3 is 4.57 Å². The van der Waals surface area contributed by atoms with Gasteiger partial charge in [0.05, 0.1) is 15.8 Å². The molecule has 0 spiro atoms. The van der Waals surface area contributed by atoms with Gasteiger partial charge in [-0.1, -0.05) is 6.07 Å². The Hall–Kier alpha value is -3.20. The minimum absolute atomic E-state index is 0.0960. The van der Waals surface area contributed by atoms with Crippen LogP contribution >= 0.6 is 0 Å². The highest BCUT2D eigenvalue weighted by Gasteiger charge is 2.13. The molecule has 0 bridgehead atoms. The SMILES string of the molecule is N#Cc1cc(Cn2ccc3c([N+](=O)[O-])cccc32)ccn1. The Morgan fingerprint density at radius 1 is 1.33 bits per heavy atom. The number of nitro groups is 1. The number of fused-ring (bicyclic) bond motifs is 1. The Balaban J connectivity index is 2.04. The third kappa shape index (κ3) is 2.32. The van der Waals surface area contributed by atoms with Gasteiger partial charge in [-0.2, -0.15) is 5.26 Å². The lowest BCUT2D eigenvalue weighted by atomic mass is 10.2. The van der Waals surface area contributed by atoms with Gasteiger partial charge in [0.25, 0.3) is 5.69 Å². The average molecular weight is 278 g/mol. The Kier molecular flexibility index (Phi) is 3.09. The molecule has 1 aromatic carbocycles. The molecule has 0 aliphatic heterocycles. The molecule has 0 saturated carbocycles. The summed E-state index contributed by atoms with van der Waals surface area (Å²) in [5.41, 5.74) is 2.17. The molecular weight excluding hydrogens is 268 g/mol. The maximum atomic E-state index is 11.0. The van der Waals surface area contributed by atoms with Crippen molar-refractivity contribution in [3.8, 4) is 6.07 Å². The number of nitro benzene ring substituents is 1. The summed E-state index contributed by atoms with van der Waals surface area (Å²) in [4.78, 5) is 14.6. The number of aromatic nitrogens is 2. The van der Waals surface area contributed by atoms with Gasteiger partial charge in [0.15, 0.2) is 0 Å². The summed E-state index contributed by atoms with van der Waals surface area (Å²) in [5, 5.41) is 20.5. The molecule has 0 radical (unpaired) electrons. The predicted molar refractivity (Wildman–Crippen MR) is 76.6 cm³/mol. The van der Waals surface area contributed by atoms with E-state index < -0.39 is 0 Å². The molecule has 0 aliphatic carbocycles. The van der Waals surface area contributed by atoms with Crippen LogP contribution in [0.15, 0.2) is 48.8 Å². The minimum atomic E-state index is -0.382. The molecule has 0 saturated heterocycles. The molecule has 0 N–H and O–H groups in total. The standard InChI is InChI=1S/C15H10N4O2/c16-9-12-8-11(4-6-17-12)10-18-7-5-13-14(18)2-1-3-15(13)19(20)21/h1-8H,10H2. The molecule has 0 amide bonds. The van der Waals surface area contributed by atoms with Crippen LogP contribution < -0.4 is 0 Å². The van der Waals surface area contributed by atoms with Crippen LogP contribution in [0.5, 0.6) is 0 Å². The minimum Gasteiger partial charge on any atom is -0.343 e. The molecule has 3 aromatic rings. The molecule has 3 rings (SSSR count). The topological polar surface area (TPSA) is 84.8 Å². The van der Waals surface area contributed by atoms with Crippen LogP contribution in [0.3, 0.4) is 0 Å². The zero-order chi connectivity index (χ0) is 14.8. The van der Waals surface area contributed by atoms with Crippen LogP contribution in [0.2, 0.25) is 0 Å². The average Bonchev–Trinajstić information content (AvgIpc) is 2.90. The van der Waals surface area contributed by atoms with E-state index in [1.54, 1.807) is 24.4 Å². The van der Waals surface area contributed by atoms with Crippen LogP contribution in [0.4, 0.5) is 5.69 Å². The molecule has 0 unspecified atom stereocenters. The first-order valence-corrected chi connectivity index (χ1v) is 6.26. The zero-order valence-electron chi connectivity index (χ0n) is 10.9. The van der Waals surface area contributed by atoms with Gasteiger partial charge >= 0.3 is 0 Å². The van der Waals surface area contributed by atoms with Gasteiger partial charge in [-0.15, -0.1) is 0 Å². The first-order chi connectivity index (χ1) is 10.2. The smallest absolute Gasteiger partial charge is 0.278 e. The molecule has 0 atom stereocenters. The summed E-state index contributed by atoms with van der Waals surface area (Å²) < 4.78 is 1.92. The van der Waals surface area contributed by atoms with Crippen molar-refractivity contribution in [1.29, 1.82) is 5.26 Å². The molecule has 2 aromatic heterocycles. The fraction of sp³-hybridized carbons (Fsp3) is 0.0667. The molecule has 102 valence electrons. The number of pyridine rings is 1. The number of non-ortho nitro benzene ring substituents is 1. The number of hydrogen-bond acceptors (Lipinski definition) is 4. The number of benzene rings is 1. The van der Waals surface area contributed by atoms with E-state index in [4.69, 9.17) is 5.26 Å². The summed E-state index contributed by atoms with van der Waals surface area (Å²) in [6.45, 7) is 0.530. The monoisotopic (exact) mass is 278 g/mol. The van der Waals surface area contributed by atoms with E-state index in [9.17, 15) is 10.1 Å². The second-order valence-electron chi connectivity index (χ2n) is 4.57. The van der Waals surface area contributed by atoms with E-state index in [2.05, 4.69) is 4.98 Å². The van der Waals surface area contributed by atoms with Gasteiger partial charge in [0.2, 0.25) is 0 Å². The molecule has 2 heterocycles. The molecule has 21 heavy (non-hydrogen) atoms. The summed E-state index contributed by atoms with van der Waals surface area (Å²) in [6, 6.07) is 12.3. The van der Waals surface area contributed by atoms with Crippen LogP contribution in [0.1, 0.15) is 11.3 Å². The first kappa shape index (κ1) is 12.8. The third-order valence-electron chi connectivity index (χ3n) is 3.28. The van der Waals surface area contributed by atoms with Crippen LogP contribution in [-0.2, 0) is 6.54 Å². The Labute approximate surface area is 120 Å². The Morgan fingerprint density at radius 2 is 2.19 bits per heavy atom. The first-order valence-electron chi connectivity index (χ1n) is 6.26. The lowest BCUT2D eigenvalue weighted by molar-refractivity contribution is -0.383. The largest absolute Gasteiger partial charge is 0.343 e. The van der Waals surface area contributed by atoms with Gasteiger partial charge in [-0.25, -0.2) is 4.98 Å². The quantitative estimate of drug-likeness (QED) is 0.544. The summed E-state index contributed by atoms with van der Waals surface area (Å²) in [5.74, 6) is 0. The lowest BCUT2D eigenvalue weighted by Crippen LogP contribution is -1.99. The van der Waals surface area contributed by atoms with E-state index in [0.717, 1.165) is 11.1 Å². The van der Waals surface area contributed by atoms with Crippen LogP contribution in [0.25, 0.3) is 10.9 Å². The molecule has 0 fully saturated rings. The van der Waals surface area contributed by atoms with Gasteiger partial charge in [-0.3, -0.25) is 10.1 Å². The highest BCUT2D eigenvalue weighted by atomic mass is 16.6. The van der Waals surface area contributed by atoms with E-state index in [1.807, 2.05) is 29.0 Å². The highest BCUT2D eigenvalue weighted by molar-refractivity contribution is 5.89. The van der Waals surface area contributed by atoms with E-state index in [-0.39, 0.29) is 10.6 Å². The number of nitrogens with zero attached hydrogens (tertiary/aromatic N) is 4. The molecular formula is C15H10N4O2. The zero-order valence-corrected chi connectivity index (χ0v) is 10.9. The van der Waals surface area contributed by atoms with Crippen molar-refractivity contribution >= 4 is 16.6 Å². The fourth-order valence-corrected chi connectivity index (χ4v) is 2.33. The summed E-state index contributed by atoms with van der Waals surface area (Å²) >= 11 is 0. The summed E-state index contributed by atoms with van der Waals surface area (Å²) in [7, 11) is 0. The van der Waals surface area contributed by atoms with Crippen LogP contribution in [-0.4, -0.2) is 14.5 Å². The third-order valence-corrected chi connectivity index (χ3v) is 3.28. The van der Waals surface area contributed by atoms with Crippen molar-refractivity contribution in [3.05, 3.63) is 70.2 Å². The number of hydrogen-bond donors (Lipinski definition) is 0. The van der Waals surface area contributed by atoms with Crippen molar-refractivity contribution in [1.82, 2.24) is 9.55 Å². The normalized spacial score (nSPS) is 10.4. The van der Waals surface area contributed by atoms with Crippen molar-refractivity contribution in [2.45, 2.75) is 6.54 Å². The molecule has 6 nitrogen and oxygen atoms in total. The lowest BCUT2D eigenvalue weighted by Gasteiger charge is -2.05. The van der Waals surface area contributed by atoms with E-state index in [0.29, 0.717) is 17.6 Å². The second kappa shape index (κ2) is 5.06. The highest BCUT2D eigenvalue weighted by Crippen LogP contribution is 2.26. The number of rotatable bonds is 3. The van der Waals surface area contributed by atoms with Crippen molar-refractivity contribution < 1.29 is 4.92 Å². The van der Waals surface area contributed by atoms with E-state index >= 15 is 0 Å². The molecule has 6 heteroatoms. The molecule has 0 aliphatic rings. The van der Waals surface area contributed by atoms with E-state index in [1.165, 1.54) is 6.07 Å². The van der Waals surface area contributed by atoms with Crippen LogP contribution in [0, 0.1) is 21.4 Å².